The topological polar surface area (TPSA) is 24.1 Å². The smallest absolute Gasteiger partial charge is 0.0207 e. The summed E-state index contributed by atoms with van der Waals surface area (Å²) in [6, 6.07) is 0. The van der Waals surface area contributed by atoms with Gasteiger partial charge >= 0.3 is 0 Å². The molecule has 1 aliphatic heterocycles. The van der Waals surface area contributed by atoms with E-state index < -0.39 is 0 Å². The standard InChI is InChI=1S/C5H8N2/c1-5-2-3-6-7-4-5/h2-4,6-7H,1H3. The highest BCUT2D eigenvalue weighted by Crippen LogP contribution is 1.92. The molecule has 0 amide bonds. The Kier molecular flexibility index (Phi) is 1.02. The van der Waals surface area contributed by atoms with Crippen molar-refractivity contribution in [3.05, 3.63) is 24.0 Å². The summed E-state index contributed by atoms with van der Waals surface area (Å²) in [5.41, 5.74) is 6.88. The van der Waals surface area contributed by atoms with Crippen LogP contribution in [0.25, 0.3) is 0 Å². The predicted octanol–water partition coefficient (Wildman–Crippen LogP) is 0.512. The molecule has 1 aliphatic rings. The number of rotatable bonds is 0. The first-order valence-corrected chi connectivity index (χ1v) is 2.24. The number of hydrogen-bond acceptors (Lipinski definition) is 2. The average molecular weight is 96.1 g/mol. The van der Waals surface area contributed by atoms with Gasteiger partial charge in [-0.05, 0) is 18.6 Å². The number of allylic oxidation sites excluding steroid dienone is 2. The van der Waals surface area contributed by atoms with E-state index in [0.29, 0.717) is 0 Å². The van der Waals surface area contributed by atoms with Crippen molar-refractivity contribution in [3.63, 3.8) is 0 Å². The summed E-state index contributed by atoms with van der Waals surface area (Å²) in [6.07, 6.45) is 5.76. The summed E-state index contributed by atoms with van der Waals surface area (Å²) >= 11 is 0. The van der Waals surface area contributed by atoms with E-state index in [4.69, 9.17) is 0 Å². The van der Waals surface area contributed by atoms with Gasteiger partial charge in [0.25, 0.3) is 0 Å². The fourth-order valence-corrected chi connectivity index (χ4v) is 0.425. The molecule has 0 atom stereocenters. The van der Waals surface area contributed by atoms with Crippen molar-refractivity contribution in [1.29, 1.82) is 0 Å². The Morgan fingerprint density at radius 1 is 1.43 bits per heavy atom. The lowest BCUT2D eigenvalue weighted by Crippen LogP contribution is -2.22. The third kappa shape index (κ3) is 0.961. The molecule has 0 bridgehead atoms. The number of hydrazine groups is 1. The quantitative estimate of drug-likeness (QED) is 0.459. The number of hydrogen-bond donors (Lipinski definition) is 2. The van der Waals surface area contributed by atoms with Crippen molar-refractivity contribution in [3.8, 4) is 0 Å². The zero-order valence-electron chi connectivity index (χ0n) is 4.23. The van der Waals surface area contributed by atoms with Gasteiger partial charge in [0.05, 0.1) is 0 Å². The van der Waals surface area contributed by atoms with Crippen LogP contribution in [-0.2, 0) is 0 Å². The molecule has 38 valence electrons. The van der Waals surface area contributed by atoms with Gasteiger partial charge in [-0.1, -0.05) is 0 Å². The fourth-order valence-electron chi connectivity index (χ4n) is 0.425. The van der Waals surface area contributed by atoms with E-state index in [1.165, 1.54) is 5.57 Å². The summed E-state index contributed by atoms with van der Waals surface area (Å²) in [7, 11) is 0. The Morgan fingerprint density at radius 2 is 2.29 bits per heavy atom. The van der Waals surface area contributed by atoms with Gasteiger partial charge in [-0.2, -0.15) is 0 Å². The Morgan fingerprint density at radius 3 is 2.57 bits per heavy atom. The Bertz CT molecular complexity index is 113. The van der Waals surface area contributed by atoms with Crippen LogP contribution in [0, 0.1) is 0 Å². The molecule has 7 heavy (non-hydrogen) atoms. The molecular formula is C5H8N2. The predicted molar refractivity (Wildman–Crippen MR) is 29.2 cm³/mol. The van der Waals surface area contributed by atoms with Crippen LogP contribution < -0.4 is 10.9 Å². The zero-order chi connectivity index (χ0) is 5.11. The van der Waals surface area contributed by atoms with E-state index in [1.54, 1.807) is 0 Å². The van der Waals surface area contributed by atoms with Gasteiger partial charge in [-0.25, -0.2) is 0 Å². The van der Waals surface area contributed by atoms with E-state index >= 15 is 0 Å². The molecule has 0 saturated heterocycles. The van der Waals surface area contributed by atoms with Crippen molar-refractivity contribution in [2.45, 2.75) is 6.92 Å². The third-order valence-corrected chi connectivity index (χ3v) is 0.813. The number of nitrogens with one attached hydrogen (secondary N) is 2. The first-order chi connectivity index (χ1) is 3.39. The summed E-state index contributed by atoms with van der Waals surface area (Å²) in [5, 5.41) is 0. The van der Waals surface area contributed by atoms with Crippen LogP contribution in [0.4, 0.5) is 0 Å². The maximum atomic E-state index is 2.84. The molecule has 0 saturated carbocycles. The van der Waals surface area contributed by atoms with E-state index in [0.717, 1.165) is 0 Å². The van der Waals surface area contributed by atoms with Crippen molar-refractivity contribution in [2.75, 3.05) is 0 Å². The lowest BCUT2D eigenvalue weighted by atomic mass is 10.3. The van der Waals surface area contributed by atoms with Gasteiger partial charge in [-0.3, -0.25) is 0 Å². The highest BCUT2D eigenvalue weighted by atomic mass is 15.3. The molecular weight excluding hydrogens is 88.1 g/mol. The third-order valence-electron chi connectivity index (χ3n) is 0.813. The SMILES string of the molecule is CC1=CNNC=C1. The molecule has 2 nitrogen and oxygen atoms in total. The minimum atomic E-state index is 1.23. The molecule has 0 unspecified atom stereocenters. The molecule has 0 aromatic rings. The van der Waals surface area contributed by atoms with Gasteiger partial charge in [0.2, 0.25) is 0 Å². The normalized spacial score (nSPS) is 17.0. The minimum absolute atomic E-state index is 1.23. The highest BCUT2D eigenvalue weighted by molar-refractivity contribution is 5.16. The Hall–Kier alpha value is -0.920. The van der Waals surface area contributed by atoms with Gasteiger partial charge < -0.3 is 10.9 Å². The van der Waals surface area contributed by atoms with Crippen LogP contribution >= 0.6 is 0 Å². The molecule has 1 heterocycles. The summed E-state index contributed by atoms with van der Waals surface area (Å²) in [5.74, 6) is 0. The molecule has 0 fully saturated rings. The van der Waals surface area contributed by atoms with Gasteiger partial charge in [0, 0.05) is 12.4 Å². The molecule has 2 N–H and O–H groups in total. The van der Waals surface area contributed by atoms with E-state index in [2.05, 4.69) is 10.9 Å². The summed E-state index contributed by atoms with van der Waals surface area (Å²) in [4.78, 5) is 0. The van der Waals surface area contributed by atoms with Crippen LogP contribution in [0.5, 0.6) is 0 Å². The van der Waals surface area contributed by atoms with Crippen LogP contribution in [-0.4, -0.2) is 0 Å². The summed E-state index contributed by atoms with van der Waals surface area (Å²) < 4.78 is 0. The van der Waals surface area contributed by atoms with Crippen molar-refractivity contribution >= 4 is 0 Å². The van der Waals surface area contributed by atoms with Gasteiger partial charge in [0.1, 0.15) is 0 Å². The Balaban J connectivity index is 2.58. The van der Waals surface area contributed by atoms with E-state index in [1.807, 2.05) is 25.4 Å². The lowest BCUT2D eigenvalue weighted by molar-refractivity contribution is 0.759. The van der Waals surface area contributed by atoms with Crippen LogP contribution in [0.1, 0.15) is 6.92 Å². The molecule has 0 spiro atoms. The highest BCUT2D eigenvalue weighted by Gasteiger charge is 1.82. The van der Waals surface area contributed by atoms with Gasteiger partial charge in [0.15, 0.2) is 0 Å². The van der Waals surface area contributed by atoms with Crippen LogP contribution in [0.15, 0.2) is 24.0 Å². The average Bonchev–Trinajstić information content (AvgIpc) is 1.69. The van der Waals surface area contributed by atoms with E-state index in [9.17, 15) is 0 Å². The van der Waals surface area contributed by atoms with Crippen LogP contribution in [0.2, 0.25) is 0 Å². The van der Waals surface area contributed by atoms with Crippen molar-refractivity contribution in [1.82, 2.24) is 10.9 Å². The maximum Gasteiger partial charge on any atom is 0.0207 e. The fraction of sp³-hybridized carbons (Fsp3) is 0.200. The van der Waals surface area contributed by atoms with E-state index in [-0.39, 0.29) is 0 Å². The molecule has 0 radical (unpaired) electrons. The maximum absolute atomic E-state index is 2.84. The molecule has 0 aromatic carbocycles. The van der Waals surface area contributed by atoms with Crippen molar-refractivity contribution in [2.24, 2.45) is 0 Å². The lowest BCUT2D eigenvalue weighted by Gasteiger charge is -2.04. The first-order valence-electron chi connectivity index (χ1n) is 2.24. The second kappa shape index (κ2) is 1.69. The van der Waals surface area contributed by atoms with Crippen molar-refractivity contribution < 1.29 is 0 Å². The second-order valence-corrected chi connectivity index (χ2v) is 1.51. The molecule has 1 rings (SSSR count). The minimum Gasteiger partial charge on any atom is -0.309 e. The monoisotopic (exact) mass is 96.1 g/mol. The molecule has 2 heteroatoms. The molecule has 0 aliphatic carbocycles. The van der Waals surface area contributed by atoms with Crippen LogP contribution in [0.3, 0.4) is 0 Å². The largest absolute Gasteiger partial charge is 0.309 e. The van der Waals surface area contributed by atoms with Gasteiger partial charge in [-0.15, -0.1) is 0 Å². The first kappa shape index (κ1) is 4.24. The summed E-state index contributed by atoms with van der Waals surface area (Å²) in [6.45, 7) is 2.03. The second-order valence-electron chi connectivity index (χ2n) is 1.51. The molecule has 0 aromatic heterocycles. The zero-order valence-corrected chi connectivity index (χ0v) is 4.23. The Labute approximate surface area is 42.9 Å².